The monoisotopic (exact) mass is 538 g/mol. The molecule has 3 saturated heterocycles. The minimum atomic E-state index is -0.900. The number of pyridine rings is 1. The van der Waals surface area contributed by atoms with Gasteiger partial charge >= 0.3 is 5.76 Å². The van der Waals surface area contributed by atoms with Crippen molar-refractivity contribution in [3.8, 4) is 11.4 Å². The second kappa shape index (κ2) is 9.28. The summed E-state index contributed by atoms with van der Waals surface area (Å²) in [6, 6.07) is 9.48. The van der Waals surface area contributed by atoms with Crippen molar-refractivity contribution in [3.63, 3.8) is 0 Å². The minimum absolute atomic E-state index is 0.00287. The van der Waals surface area contributed by atoms with Crippen molar-refractivity contribution in [1.29, 1.82) is 0 Å². The van der Waals surface area contributed by atoms with E-state index in [1.807, 2.05) is 31.2 Å². The second-order valence-corrected chi connectivity index (χ2v) is 10.6. The highest BCUT2D eigenvalue weighted by Crippen LogP contribution is 2.40. The predicted octanol–water partition coefficient (Wildman–Crippen LogP) is 3.08. The van der Waals surface area contributed by atoms with Gasteiger partial charge in [-0.3, -0.25) is 19.4 Å². The maximum absolute atomic E-state index is 11.5. The van der Waals surface area contributed by atoms with Crippen molar-refractivity contribution in [1.82, 2.24) is 29.6 Å². The summed E-state index contributed by atoms with van der Waals surface area (Å²) in [7, 11) is 0. The van der Waals surface area contributed by atoms with Crippen molar-refractivity contribution < 1.29 is 18.7 Å². The number of rotatable bonds is 6. The first-order chi connectivity index (χ1) is 18.4. The van der Waals surface area contributed by atoms with Gasteiger partial charge in [0, 0.05) is 31.5 Å². The maximum atomic E-state index is 11.5. The van der Waals surface area contributed by atoms with Gasteiger partial charge in [-0.2, -0.15) is 0 Å². The molecule has 3 aliphatic heterocycles. The molecule has 4 aromatic rings. The molecule has 3 unspecified atom stereocenters. The van der Waals surface area contributed by atoms with Gasteiger partial charge in [0.15, 0.2) is 5.82 Å². The van der Waals surface area contributed by atoms with E-state index >= 15 is 0 Å². The summed E-state index contributed by atoms with van der Waals surface area (Å²) in [4.78, 5) is 25.9. The fourth-order valence-corrected chi connectivity index (χ4v) is 5.66. The summed E-state index contributed by atoms with van der Waals surface area (Å²) in [6.45, 7) is 5.67. The van der Waals surface area contributed by atoms with Crippen LogP contribution in [0, 0.1) is 0 Å². The number of aromatic nitrogens is 5. The van der Waals surface area contributed by atoms with Gasteiger partial charge in [0.1, 0.15) is 11.9 Å². The Kier molecular flexibility index (Phi) is 5.86. The Balaban J connectivity index is 1.14. The van der Waals surface area contributed by atoms with Crippen LogP contribution in [0.15, 0.2) is 45.8 Å². The highest BCUT2D eigenvalue weighted by atomic mass is 35.5. The Labute approximate surface area is 222 Å². The molecule has 7 rings (SSSR count). The Morgan fingerprint density at radius 1 is 1.18 bits per heavy atom. The van der Waals surface area contributed by atoms with E-state index in [0.29, 0.717) is 23.9 Å². The second-order valence-electron chi connectivity index (χ2n) is 10.2. The van der Waals surface area contributed by atoms with E-state index in [1.165, 1.54) is 0 Å². The zero-order valence-corrected chi connectivity index (χ0v) is 21.6. The third-order valence-electron chi connectivity index (χ3n) is 7.61. The molecular formula is C26H27ClN6O5. The molecule has 12 heteroatoms. The van der Waals surface area contributed by atoms with Gasteiger partial charge in [-0.05, 0) is 50.1 Å². The van der Waals surface area contributed by atoms with E-state index in [-0.39, 0.29) is 18.3 Å². The molecule has 11 nitrogen and oxygen atoms in total. The van der Waals surface area contributed by atoms with Crippen molar-refractivity contribution >= 4 is 22.6 Å². The van der Waals surface area contributed by atoms with Crippen LogP contribution in [0.5, 0.6) is 0 Å². The van der Waals surface area contributed by atoms with Gasteiger partial charge in [0.2, 0.25) is 5.79 Å². The lowest BCUT2D eigenvalue weighted by molar-refractivity contribution is -0.171. The number of ether oxygens (including phenoxy) is 3. The normalized spacial score (nSPS) is 27.5. The number of benzene rings is 1. The minimum Gasteiger partial charge on any atom is -0.376 e. The van der Waals surface area contributed by atoms with Gasteiger partial charge in [-0.1, -0.05) is 16.8 Å². The Morgan fingerprint density at radius 2 is 2.05 bits per heavy atom. The molecule has 3 fully saturated rings. The first-order valence-corrected chi connectivity index (χ1v) is 13.2. The average Bonchev–Trinajstić information content (AvgIpc) is 3.56. The topological polar surface area (TPSA) is 121 Å². The number of H-pyrrole nitrogens is 1. The van der Waals surface area contributed by atoms with Gasteiger partial charge in [0.25, 0.3) is 0 Å². The van der Waals surface area contributed by atoms with E-state index in [4.69, 9.17) is 35.3 Å². The molecule has 6 heterocycles. The van der Waals surface area contributed by atoms with Crippen molar-refractivity contribution in [2.24, 2.45) is 0 Å². The van der Waals surface area contributed by atoms with Crippen molar-refractivity contribution in [2.45, 2.75) is 57.0 Å². The lowest BCUT2D eigenvalue weighted by atomic mass is 10.1. The van der Waals surface area contributed by atoms with Crippen LogP contribution >= 0.6 is 11.6 Å². The van der Waals surface area contributed by atoms with Crippen LogP contribution in [-0.2, 0) is 33.1 Å². The fraction of sp³-hybridized carbons (Fsp3) is 0.462. The number of piperidine rings is 1. The van der Waals surface area contributed by atoms with Crippen LogP contribution in [0.3, 0.4) is 0 Å². The van der Waals surface area contributed by atoms with E-state index < -0.39 is 11.5 Å². The van der Waals surface area contributed by atoms with Crippen LogP contribution in [-0.4, -0.2) is 67.6 Å². The molecule has 3 aliphatic rings. The van der Waals surface area contributed by atoms with Crippen LogP contribution in [0.2, 0.25) is 5.02 Å². The number of hydrogen-bond donors (Lipinski definition) is 1. The number of nitrogens with zero attached hydrogens (tertiary/aromatic N) is 5. The summed E-state index contributed by atoms with van der Waals surface area (Å²) in [5, 5.41) is 4.42. The molecule has 4 atom stereocenters. The van der Waals surface area contributed by atoms with Crippen molar-refractivity contribution in [3.05, 3.63) is 63.6 Å². The molecule has 3 aromatic heterocycles. The number of nitrogens with one attached hydrogen (secondary N) is 1. The van der Waals surface area contributed by atoms with Crippen LogP contribution in [0.25, 0.3) is 22.4 Å². The summed E-state index contributed by atoms with van der Waals surface area (Å²) >= 11 is 6.02. The molecule has 0 saturated carbocycles. The SMILES string of the molecule is CC1(c2ccc(Cl)cn2)OC2CCN(Cc3nc4ccc(-c5noc(=O)[nH]5)cc4n3C[C@@H]3CCO3)CC2O1. The van der Waals surface area contributed by atoms with E-state index in [1.54, 1.807) is 12.3 Å². The Bertz CT molecular complexity index is 1530. The first kappa shape index (κ1) is 24.0. The van der Waals surface area contributed by atoms with E-state index in [0.717, 1.165) is 60.7 Å². The zero-order valence-electron chi connectivity index (χ0n) is 20.8. The molecule has 1 aromatic carbocycles. The molecule has 198 valence electrons. The highest BCUT2D eigenvalue weighted by Gasteiger charge is 2.48. The molecule has 0 amide bonds. The smallest absolute Gasteiger partial charge is 0.376 e. The number of halogens is 1. The maximum Gasteiger partial charge on any atom is 0.439 e. The van der Waals surface area contributed by atoms with Gasteiger partial charge < -0.3 is 18.8 Å². The van der Waals surface area contributed by atoms with E-state index in [2.05, 4.69) is 24.6 Å². The number of aromatic amines is 1. The summed E-state index contributed by atoms with van der Waals surface area (Å²) in [5.41, 5.74) is 3.33. The molecular weight excluding hydrogens is 512 g/mol. The summed E-state index contributed by atoms with van der Waals surface area (Å²) in [5.74, 6) is -0.129. The highest BCUT2D eigenvalue weighted by molar-refractivity contribution is 6.30. The number of imidazole rings is 1. The van der Waals surface area contributed by atoms with Gasteiger partial charge in [-0.15, -0.1) is 0 Å². The molecule has 0 spiro atoms. The molecule has 38 heavy (non-hydrogen) atoms. The zero-order chi connectivity index (χ0) is 25.9. The molecule has 0 bridgehead atoms. The summed E-state index contributed by atoms with van der Waals surface area (Å²) in [6.07, 6.45) is 3.57. The van der Waals surface area contributed by atoms with Gasteiger partial charge in [0.05, 0.1) is 47.0 Å². The standard InChI is InChI=1S/C26H27ClN6O5/c1-26(22-5-3-16(27)11-28-22)36-20-6-8-32(13-21(20)37-26)14-23-29-18-4-2-15(24-30-25(34)38-31-24)10-19(18)33(23)12-17-7-9-35-17/h2-5,10-11,17,20-21H,6-9,12-14H2,1H3,(H,30,31,34)/t17-,20?,21?,26?/m0/s1. The number of hydrogen-bond acceptors (Lipinski definition) is 9. The Morgan fingerprint density at radius 3 is 2.79 bits per heavy atom. The quantitative estimate of drug-likeness (QED) is 0.395. The average molecular weight is 539 g/mol. The predicted molar refractivity (Wildman–Crippen MR) is 136 cm³/mol. The fourth-order valence-electron chi connectivity index (χ4n) is 5.55. The summed E-state index contributed by atoms with van der Waals surface area (Å²) < 4.78 is 25.5. The molecule has 0 aliphatic carbocycles. The number of fused-ring (bicyclic) bond motifs is 2. The third kappa shape index (κ3) is 4.34. The van der Waals surface area contributed by atoms with Gasteiger partial charge in [-0.25, -0.2) is 9.78 Å². The Hall–Kier alpha value is -3.09. The lowest BCUT2D eigenvalue weighted by Crippen LogP contribution is -2.45. The first-order valence-electron chi connectivity index (χ1n) is 12.8. The van der Waals surface area contributed by atoms with Crippen LogP contribution < -0.4 is 5.76 Å². The van der Waals surface area contributed by atoms with Crippen LogP contribution in [0.4, 0.5) is 0 Å². The lowest BCUT2D eigenvalue weighted by Gasteiger charge is -2.33. The molecule has 0 radical (unpaired) electrons. The third-order valence-corrected chi connectivity index (χ3v) is 7.84. The van der Waals surface area contributed by atoms with E-state index in [9.17, 15) is 4.79 Å². The largest absolute Gasteiger partial charge is 0.439 e. The van der Waals surface area contributed by atoms with Crippen molar-refractivity contribution in [2.75, 3.05) is 19.7 Å². The number of likely N-dealkylation sites (tertiary alicyclic amines) is 1. The van der Waals surface area contributed by atoms with Crippen LogP contribution in [0.1, 0.15) is 31.3 Å². The molecule has 1 N–H and O–H groups in total.